The third kappa shape index (κ3) is 7.00. The number of nitrogens with zero attached hydrogens (tertiary/aromatic N) is 1. The SMILES string of the molecule is CCN(CC)CCNC(=O)c1ccc(NC(=S)Nc2ccccc2C(F)(F)F)cc1. The first-order valence-electron chi connectivity index (χ1n) is 9.59. The molecule has 0 bridgehead atoms. The Balaban J connectivity index is 1.92. The van der Waals surface area contributed by atoms with E-state index in [9.17, 15) is 18.0 Å². The van der Waals surface area contributed by atoms with Gasteiger partial charge in [-0.3, -0.25) is 4.79 Å². The standard InChI is InChI=1S/C21H25F3N4OS/c1-3-28(4-2)14-13-25-19(29)15-9-11-16(12-10-15)26-20(30)27-18-8-6-5-7-17(18)21(22,23)24/h5-12H,3-4,13-14H2,1-2H3,(H,25,29)(H2,26,27,30). The highest BCUT2D eigenvalue weighted by atomic mass is 32.1. The number of nitrogens with one attached hydrogen (secondary N) is 3. The van der Waals surface area contributed by atoms with Gasteiger partial charge >= 0.3 is 6.18 Å². The summed E-state index contributed by atoms with van der Waals surface area (Å²) in [6.07, 6.45) is -4.49. The van der Waals surface area contributed by atoms with Gasteiger partial charge in [0.2, 0.25) is 0 Å². The van der Waals surface area contributed by atoms with Crippen LogP contribution in [0.15, 0.2) is 48.5 Å². The topological polar surface area (TPSA) is 56.4 Å². The van der Waals surface area contributed by atoms with Crippen LogP contribution in [0.3, 0.4) is 0 Å². The van der Waals surface area contributed by atoms with Gasteiger partial charge in [-0.25, -0.2) is 0 Å². The fraction of sp³-hybridized carbons (Fsp3) is 0.333. The summed E-state index contributed by atoms with van der Waals surface area (Å²) in [7, 11) is 0. The van der Waals surface area contributed by atoms with E-state index in [-0.39, 0.29) is 16.7 Å². The van der Waals surface area contributed by atoms with E-state index in [0.29, 0.717) is 17.8 Å². The largest absolute Gasteiger partial charge is 0.418 e. The minimum Gasteiger partial charge on any atom is -0.351 e. The molecule has 0 heterocycles. The minimum atomic E-state index is -4.49. The number of rotatable bonds is 8. The molecule has 162 valence electrons. The summed E-state index contributed by atoms with van der Waals surface area (Å²) in [6, 6.07) is 11.6. The lowest BCUT2D eigenvalue weighted by Crippen LogP contribution is -2.34. The van der Waals surface area contributed by atoms with Crippen LogP contribution in [0.25, 0.3) is 0 Å². The maximum absolute atomic E-state index is 13.1. The average Bonchev–Trinajstić information content (AvgIpc) is 2.71. The molecule has 9 heteroatoms. The van der Waals surface area contributed by atoms with Crippen LogP contribution in [0, 0.1) is 0 Å². The van der Waals surface area contributed by atoms with Crippen LogP contribution in [-0.4, -0.2) is 42.1 Å². The second-order valence-corrected chi connectivity index (χ2v) is 6.89. The van der Waals surface area contributed by atoms with Crippen molar-refractivity contribution in [1.82, 2.24) is 10.2 Å². The van der Waals surface area contributed by atoms with Gasteiger partial charge in [0.05, 0.1) is 11.3 Å². The maximum atomic E-state index is 13.1. The molecule has 2 aromatic carbocycles. The number of thiocarbonyl (C=S) groups is 1. The Morgan fingerprint density at radius 1 is 1.00 bits per heavy atom. The van der Waals surface area contributed by atoms with Crippen LogP contribution in [0.5, 0.6) is 0 Å². The molecular formula is C21H25F3N4OS. The van der Waals surface area contributed by atoms with Crippen molar-refractivity contribution in [3.63, 3.8) is 0 Å². The van der Waals surface area contributed by atoms with Crippen LogP contribution < -0.4 is 16.0 Å². The van der Waals surface area contributed by atoms with E-state index in [1.54, 1.807) is 24.3 Å². The molecule has 2 aromatic rings. The Hall–Kier alpha value is -2.65. The summed E-state index contributed by atoms with van der Waals surface area (Å²) in [5.41, 5.74) is 0.107. The maximum Gasteiger partial charge on any atom is 0.418 e. The predicted molar refractivity (Wildman–Crippen MR) is 118 cm³/mol. The van der Waals surface area contributed by atoms with Crippen LogP contribution in [0.4, 0.5) is 24.5 Å². The van der Waals surface area contributed by atoms with Gasteiger partial charge in [0.25, 0.3) is 5.91 Å². The molecular weight excluding hydrogens is 413 g/mol. The number of para-hydroxylation sites is 1. The molecule has 0 aliphatic carbocycles. The van der Waals surface area contributed by atoms with Crippen molar-refractivity contribution in [2.24, 2.45) is 0 Å². The van der Waals surface area contributed by atoms with E-state index in [1.165, 1.54) is 18.2 Å². The van der Waals surface area contributed by atoms with Gasteiger partial charge in [-0.05, 0) is 61.7 Å². The van der Waals surface area contributed by atoms with Crippen LogP contribution in [-0.2, 0) is 6.18 Å². The van der Waals surface area contributed by atoms with Gasteiger partial charge in [0.15, 0.2) is 5.11 Å². The summed E-state index contributed by atoms with van der Waals surface area (Å²) < 4.78 is 39.2. The zero-order chi connectivity index (χ0) is 22.1. The summed E-state index contributed by atoms with van der Waals surface area (Å²) in [6.45, 7) is 7.31. The molecule has 0 aromatic heterocycles. The van der Waals surface area contributed by atoms with Gasteiger partial charge in [0, 0.05) is 24.3 Å². The third-order valence-electron chi connectivity index (χ3n) is 4.49. The van der Waals surface area contributed by atoms with E-state index in [2.05, 4.69) is 34.7 Å². The zero-order valence-corrected chi connectivity index (χ0v) is 17.7. The Morgan fingerprint density at radius 3 is 2.23 bits per heavy atom. The molecule has 0 unspecified atom stereocenters. The van der Waals surface area contributed by atoms with Crippen molar-refractivity contribution >= 4 is 34.6 Å². The first-order valence-corrected chi connectivity index (χ1v) is 10.00. The van der Waals surface area contributed by atoms with Crippen LogP contribution in [0.2, 0.25) is 0 Å². The van der Waals surface area contributed by atoms with E-state index >= 15 is 0 Å². The molecule has 0 radical (unpaired) electrons. The number of hydrogen-bond acceptors (Lipinski definition) is 3. The van der Waals surface area contributed by atoms with Gasteiger partial charge in [-0.15, -0.1) is 0 Å². The molecule has 3 N–H and O–H groups in total. The lowest BCUT2D eigenvalue weighted by atomic mass is 10.1. The summed E-state index contributed by atoms with van der Waals surface area (Å²) in [5, 5.41) is 8.27. The molecule has 1 amide bonds. The fourth-order valence-electron chi connectivity index (χ4n) is 2.80. The van der Waals surface area contributed by atoms with Crippen molar-refractivity contribution in [3.8, 4) is 0 Å². The number of likely N-dealkylation sites (N-methyl/N-ethyl adjacent to an activating group) is 1. The molecule has 0 fully saturated rings. The van der Waals surface area contributed by atoms with Crippen LogP contribution >= 0.6 is 12.2 Å². The number of alkyl halides is 3. The molecule has 0 aliphatic rings. The Labute approximate surface area is 179 Å². The Bertz CT molecular complexity index is 852. The lowest BCUT2D eigenvalue weighted by molar-refractivity contribution is -0.136. The zero-order valence-electron chi connectivity index (χ0n) is 16.8. The van der Waals surface area contributed by atoms with Gasteiger partial charge in [-0.1, -0.05) is 26.0 Å². The molecule has 2 rings (SSSR count). The monoisotopic (exact) mass is 438 g/mol. The van der Waals surface area contributed by atoms with Crippen molar-refractivity contribution in [2.45, 2.75) is 20.0 Å². The molecule has 0 atom stereocenters. The molecule has 30 heavy (non-hydrogen) atoms. The van der Waals surface area contributed by atoms with E-state index < -0.39 is 11.7 Å². The third-order valence-corrected chi connectivity index (χ3v) is 4.70. The number of hydrogen-bond donors (Lipinski definition) is 3. The smallest absolute Gasteiger partial charge is 0.351 e. The number of benzene rings is 2. The van der Waals surface area contributed by atoms with Gasteiger partial charge < -0.3 is 20.9 Å². The first kappa shape index (κ1) is 23.6. The number of carbonyl (C=O) groups excluding carboxylic acids is 1. The van der Waals surface area contributed by atoms with Crippen molar-refractivity contribution in [1.29, 1.82) is 0 Å². The number of carbonyl (C=O) groups is 1. The van der Waals surface area contributed by atoms with E-state index in [1.807, 2.05) is 0 Å². The Kier molecular flexibility index (Phi) is 8.61. The first-order chi connectivity index (χ1) is 14.2. The van der Waals surface area contributed by atoms with Gasteiger partial charge in [-0.2, -0.15) is 13.2 Å². The molecule has 0 saturated heterocycles. The van der Waals surface area contributed by atoms with Crippen molar-refractivity contribution < 1.29 is 18.0 Å². The highest BCUT2D eigenvalue weighted by Crippen LogP contribution is 2.34. The average molecular weight is 439 g/mol. The molecule has 0 spiro atoms. The number of anilines is 2. The second-order valence-electron chi connectivity index (χ2n) is 6.48. The minimum absolute atomic E-state index is 0.0168. The predicted octanol–water partition coefficient (Wildman–Crippen LogP) is 4.59. The van der Waals surface area contributed by atoms with E-state index in [0.717, 1.165) is 25.7 Å². The van der Waals surface area contributed by atoms with Crippen molar-refractivity contribution in [3.05, 3.63) is 59.7 Å². The Morgan fingerprint density at radius 2 is 1.63 bits per heavy atom. The summed E-state index contributed by atoms with van der Waals surface area (Å²) >= 11 is 5.12. The second kappa shape index (κ2) is 10.9. The summed E-state index contributed by atoms with van der Waals surface area (Å²) in [5.74, 6) is -0.187. The molecule has 0 saturated carbocycles. The highest BCUT2D eigenvalue weighted by Gasteiger charge is 2.33. The normalized spacial score (nSPS) is 11.3. The number of amides is 1. The van der Waals surface area contributed by atoms with Gasteiger partial charge in [0.1, 0.15) is 0 Å². The summed E-state index contributed by atoms with van der Waals surface area (Å²) in [4.78, 5) is 14.4. The number of halogens is 3. The van der Waals surface area contributed by atoms with Crippen LogP contribution in [0.1, 0.15) is 29.8 Å². The fourth-order valence-corrected chi connectivity index (χ4v) is 3.03. The quantitative estimate of drug-likeness (QED) is 0.527. The molecule has 0 aliphatic heterocycles. The highest BCUT2D eigenvalue weighted by molar-refractivity contribution is 7.80. The van der Waals surface area contributed by atoms with Crippen molar-refractivity contribution in [2.75, 3.05) is 36.8 Å². The molecule has 5 nitrogen and oxygen atoms in total. The van der Waals surface area contributed by atoms with E-state index in [4.69, 9.17) is 12.2 Å². The lowest BCUT2D eigenvalue weighted by Gasteiger charge is -2.18.